The van der Waals surface area contributed by atoms with Gasteiger partial charge in [0.2, 0.25) is 0 Å². The van der Waals surface area contributed by atoms with Crippen LogP contribution in [0.5, 0.6) is 0 Å². The fourth-order valence-electron chi connectivity index (χ4n) is 1.62. The standard InChI is InChI=1S/C11H5F6I3O5S/c12-10(13,14)9(11(15,16)17,3-26(22,23)24)25-8(21)4-1-2-5(18)7(20)6(4)19/h1-2H,3H2,(H,22,23,24)/p-1. The summed E-state index contributed by atoms with van der Waals surface area (Å²) in [7, 11) is -6.07. The molecule has 148 valence electrons. The molecule has 0 aliphatic rings. The van der Waals surface area contributed by atoms with Crippen molar-refractivity contribution in [2.24, 2.45) is 0 Å². The van der Waals surface area contributed by atoms with Gasteiger partial charge in [0, 0.05) is 10.7 Å². The maximum Gasteiger partial charge on any atom is 0.438 e. The molecule has 0 aromatic heterocycles. The first-order chi connectivity index (χ1) is 11.4. The molecule has 0 N–H and O–H groups in total. The molecular formula is C11H4F6I3O5S-. The van der Waals surface area contributed by atoms with Crippen molar-refractivity contribution in [1.82, 2.24) is 0 Å². The van der Waals surface area contributed by atoms with Gasteiger partial charge in [-0.05, 0) is 79.9 Å². The molecule has 0 atom stereocenters. The third-order valence-corrected chi connectivity index (χ3v) is 8.78. The molecule has 0 amide bonds. The second-order valence-electron chi connectivity index (χ2n) is 4.64. The van der Waals surface area contributed by atoms with Crippen LogP contribution in [0, 0.1) is 10.7 Å². The Morgan fingerprint density at radius 1 is 1.00 bits per heavy atom. The number of carbonyl (C=O) groups excluding carboxylic acids is 1. The number of benzene rings is 1. The Balaban J connectivity index is 3.56. The topological polar surface area (TPSA) is 83.5 Å². The highest BCUT2D eigenvalue weighted by Gasteiger charge is 2.75. The Kier molecular flexibility index (Phi) is 7.52. The molecule has 0 aliphatic carbocycles. The number of alkyl halides is 6. The van der Waals surface area contributed by atoms with Gasteiger partial charge in [-0.25, -0.2) is 13.2 Å². The van der Waals surface area contributed by atoms with Gasteiger partial charge in [0.05, 0.1) is 21.4 Å². The van der Waals surface area contributed by atoms with Gasteiger partial charge in [-0.3, -0.25) is 0 Å². The largest absolute Gasteiger partial charge is 0.748 e. The Bertz CT molecular complexity index is 807. The Morgan fingerprint density at radius 3 is 1.85 bits per heavy atom. The summed E-state index contributed by atoms with van der Waals surface area (Å²) >= 11 is 5.04. The van der Waals surface area contributed by atoms with E-state index in [1.807, 2.05) is 22.6 Å². The summed E-state index contributed by atoms with van der Waals surface area (Å²) in [5.41, 5.74) is -6.13. The summed E-state index contributed by atoms with van der Waals surface area (Å²) in [4.78, 5) is 12.0. The minimum atomic E-state index is -6.40. The predicted octanol–water partition coefficient (Wildman–Crippen LogP) is 4.07. The summed E-state index contributed by atoms with van der Waals surface area (Å²) < 4.78 is 115. The van der Waals surface area contributed by atoms with Gasteiger partial charge in [-0.15, -0.1) is 0 Å². The number of halogens is 9. The van der Waals surface area contributed by atoms with Crippen LogP contribution in [0.1, 0.15) is 10.4 Å². The van der Waals surface area contributed by atoms with Crippen LogP contribution in [0.25, 0.3) is 0 Å². The number of carbonyl (C=O) groups is 1. The van der Waals surface area contributed by atoms with E-state index in [1.165, 1.54) is 28.7 Å². The molecule has 1 aromatic carbocycles. The predicted molar refractivity (Wildman–Crippen MR) is 99.4 cm³/mol. The summed E-state index contributed by atoms with van der Waals surface area (Å²) in [6.07, 6.45) is -12.8. The van der Waals surface area contributed by atoms with Crippen molar-refractivity contribution in [2.45, 2.75) is 18.0 Å². The van der Waals surface area contributed by atoms with Crippen molar-refractivity contribution in [3.63, 3.8) is 0 Å². The number of hydrogen-bond donors (Lipinski definition) is 0. The van der Waals surface area contributed by atoms with Crippen molar-refractivity contribution in [3.05, 3.63) is 28.4 Å². The monoisotopic (exact) mass is 743 g/mol. The third kappa shape index (κ3) is 5.25. The molecule has 0 unspecified atom stereocenters. The average molecular weight is 743 g/mol. The second kappa shape index (κ2) is 8.01. The lowest BCUT2D eigenvalue weighted by Crippen LogP contribution is -2.63. The minimum Gasteiger partial charge on any atom is -0.748 e. The smallest absolute Gasteiger partial charge is 0.438 e. The quantitative estimate of drug-likeness (QED) is 0.153. The number of ether oxygens (including phenoxy) is 1. The summed E-state index contributed by atoms with van der Waals surface area (Å²) in [6, 6.07) is 2.17. The van der Waals surface area contributed by atoms with Crippen molar-refractivity contribution in [1.29, 1.82) is 0 Å². The van der Waals surface area contributed by atoms with Crippen LogP contribution in [0.15, 0.2) is 12.1 Å². The van der Waals surface area contributed by atoms with E-state index in [1.54, 1.807) is 22.6 Å². The van der Waals surface area contributed by atoms with E-state index in [-0.39, 0.29) is 3.57 Å². The molecule has 26 heavy (non-hydrogen) atoms. The highest BCUT2D eigenvalue weighted by Crippen LogP contribution is 2.47. The normalized spacial score (nSPS) is 13.6. The van der Waals surface area contributed by atoms with Gasteiger partial charge in [0.15, 0.2) is 0 Å². The average Bonchev–Trinajstić information content (AvgIpc) is 2.40. The summed E-state index contributed by atoms with van der Waals surface area (Å²) in [6.45, 7) is 0. The van der Waals surface area contributed by atoms with E-state index in [0.717, 1.165) is 6.07 Å². The zero-order valence-corrected chi connectivity index (χ0v) is 19.0. The lowest BCUT2D eigenvalue weighted by molar-refractivity contribution is -0.356. The first-order valence-electron chi connectivity index (χ1n) is 5.87. The van der Waals surface area contributed by atoms with E-state index in [4.69, 9.17) is 0 Å². The van der Waals surface area contributed by atoms with Crippen molar-refractivity contribution in [3.8, 4) is 0 Å². The second-order valence-corrected chi connectivity index (χ2v) is 9.36. The van der Waals surface area contributed by atoms with Crippen LogP contribution >= 0.6 is 67.8 Å². The van der Waals surface area contributed by atoms with Gasteiger partial charge in [0.1, 0.15) is 0 Å². The van der Waals surface area contributed by atoms with Crippen molar-refractivity contribution >= 4 is 83.9 Å². The highest BCUT2D eigenvalue weighted by atomic mass is 127. The van der Waals surface area contributed by atoms with Crippen LogP contribution < -0.4 is 0 Å². The van der Waals surface area contributed by atoms with E-state index in [2.05, 4.69) is 4.74 Å². The zero-order valence-electron chi connectivity index (χ0n) is 11.7. The van der Waals surface area contributed by atoms with Crippen LogP contribution in [0.3, 0.4) is 0 Å². The molecule has 1 rings (SSSR count). The number of esters is 1. The first-order valence-corrected chi connectivity index (χ1v) is 10.7. The van der Waals surface area contributed by atoms with E-state index in [9.17, 15) is 44.1 Å². The van der Waals surface area contributed by atoms with Crippen LogP contribution in [-0.2, 0) is 14.9 Å². The maximum absolute atomic E-state index is 13.1. The minimum absolute atomic E-state index is 0.00308. The Morgan fingerprint density at radius 2 is 1.46 bits per heavy atom. The third-order valence-electron chi connectivity index (χ3n) is 2.82. The molecule has 0 fully saturated rings. The van der Waals surface area contributed by atoms with Crippen LogP contribution in [0.2, 0.25) is 0 Å². The van der Waals surface area contributed by atoms with Crippen LogP contribution in [-0.4, -0.2) is 42.6 Å². The van der Waals surface area contributed by atoms with E-state index < -0.39 is 45.4 Å². The maximum atomic E-state index is 13.1. The molecule has 0 saturated heterocycles. The van der Waals surface area contributed by atoms with Gasteiger partial charge in [-0.2, -0.15) is 26.3 Å². The molecule has 0 radical (unpaired) electrons. The van der Waals surface area contributed by atoms with Crippen molar-refractivity contribution in [2.75, 3.05) is 5.75 Å². The lowest BCUT2D eigenvalue weighted by Gasteiger charge is -2.37. The van der Waals surface area contributed by atoms with Crippen LogP contribution in [0.4, 0.5) is 26.3 Å². The SMILES string of the molecule is O=C(OC(CS(=O)(=O)[O-])(C(F)(F)F)C(F)(F)F)c1ccc(I)c(I)c1I. The molecule has 0 spiro atoms. The van der Waals surface area contributed by atoms with Gasteiger partial charge < -0.3 is 9.29 Å². The Hall–Kier alpha value is 0.370. The molecule has 0 heterocycles. The summed E-state index contributed by atoms with van der Waals surface area (Å²) in [5.74, 6) is -5.10. The lowest BCUT2D eigenvalue weighted by atomic mass is 10.1. The molecule has 0 aliphatic heterocycles. The Labute approximate surface area is 183 Å². The van der Waals surface area contributed by atoms with Gasteiger partial charge >= 0.3 is 23.9 Å². The first kappa shape index (κ1) is 24.4. The van der Waals surface area contributed by atoms with Gasteiger partial charge in [-0.1, -0.05) is 0 Å². The summed E-state index contributed by atoms with van der Waals surface area (Å²) in [5, 5.41) is 0. The molecular weight excluding hydrogens is 739 g/mol. The molecule has 0 saturated carbocycles. The molecule has 0 bridgehead atoms. The number of hydrogen-bond acceptors (Lipinski definition) is 5. The number of rotatable bonds is 4. The van der Waals surface area contributed by atoms with Gasteiger partial charge in [0.25, 0.3) is 0 Å². The molecule has 5 nitrogen and oxygen atoms in total. The van der Waals surface area contributed by atoms with E-state index in [0.29, 0.717) is 7.14 Å². The fourth-order valence-corrected chi connectivity index (χ4v) is 4.63. The molecule has 15 heteroatoms. The van der Waals surface area contributed by atoms with E-state index >= 15 is 0 Å². The van der Waals surface area contributed by atoms with Crippen molar-refractivity contribution < 1.29 is 48.8 Å². The zero-order chi connectivity index (χ0) is 20.7. The fraction of sp³-hybridized carbons (Fsp3) is 0.364. The highest BCUT2D eigenvalue weighted by molar-refractivity contribution is 14.1. The molecule has 1 aromatic rings.